The molecule has 0 aliphatic carbocycles. The fourth-order valence-corrected chi connectivity index (χ4v) is 1.31. The van der Waals surface area contributed by atoms with Crippen molar-refractivity contribution in [1.29, 1.82) is 0 Å². The van der Waals surface area contributed by atoms with Crippen LogP contribution < -0.4 is 4.74 Å². The van der Waals surface area contributed by atoms with Gasteiger partial charge in [-0.25, -0.2) is 8.78 Å². The number of ether oxygens (including phenoxy) is 2. The van der Waals surface area contributed by atoms with Crippen molar-refractivity contribution < 1.29 is 36.2 Å². The molecule has 0 bridgehead atoms. The van der Waals surface area contributed by atoms with E-state index in [2.05, 4.69) is 9.47 Å². The monoisotopic (exact) mass is 284 g/mol. The van der Waals surface area contributed by atoms with Gasteiger partial charge in [0.25, 0.3) is 0 Å². The van der Waals surface area contributed by atoms with Crippen LogP contribution in [0.15, 0.2) is 12.1 Å². The molecule has 8 heteroatoms. The summed E-state index contributed by atoms with van der Waals surface area (Å²) in [6.45, 7) is 1.51. The third-order valence-corrected chi connectivity index (χ3v) is 1.95. The molecule has 1 aromatic carbocycles. The lowest BCUT2D eigenvalue weighted by Gasteiger charge is -2.12. The fraction of sp³-hybridized carbons (Fsp3) is 0.364. The van der Waals surface area contributed by atoms with Crippen LogP contribution in [0.1, 0.15) is 12.5 Å². The maximum Gasteiger partial charge on any atom is 0.573 e. The van der Waals surface area contributed by atoms with Crippen molar-refractivity contribution >= 4 is 5.97 Å². The SMILES string of the molecule is CCOC(=O)Cc1cc(F)cc(OC(F)(F)F)c1F. The van der Waals surface area contributed by atoms with E-state index < -0.39 is 41.7 Å². The lowest BCUT2D eigenvalue weighted by molar-refractivity contribution is -0.275. The van der Waals surface area contributed by atoms with E-state index in [9.17, 15) is 26.7 Å². The van der Waals surface area contributed by atoms with Crippen molar-refractivity contribution in [2.75, 3.05) is 6.61 Å². The van der Waals surface area contributed by atoms with Crippen LogP contribution in [0.5, 0.6) is 5.75 Å². The third kappa shape index (κ3) is 4.72. The van der Waals surface area contributed by atoms with Crippen LogP contribution in [0.25, 0.3) is 0 Å². The lowest BCUT2D eigenvalue weighted by atomic mass is 10.1. The summed E-state index contributed by atoms with van der Waals surface area (Å²) in [6, 6.07) is 0.854. The van der Waals surface area contributed by atoms with Gasteiger partial charge in [0.1, 0.15) is 5.82 Å². The highest BCUT2D eigenvalue weighted by molar-refractivity contribution is 5.72. The van der Waals surface area contributed by atoms with E-state index in [0.717, 1.165) is 0 Å². The minimum atomic E-state index is -5.16. The van der Waals surface area contributed by atoms with Crippen molar-refractivity contribution in [3.05, 3.63) is 29.3 Å². The number of benzene rings is 1. The van der Waals surface area contributed by atoms with Gasteiger partial charge < -0.3 is 9.47 Å². The number of carbonyl (C=O) groups excluding carboxylic acids is 1. The average molecular weight is 284 g/mol. The first-order valence-corrected chi connectivity index (χ1v) is 5.12. The van der Waals surface area contributed by atoms with E-state index >= 15 is 0 Å². The van der Waals surface area contributed by atoms with Crippen molar-refractivity contribution in [1.82, 2.24) is 0 Å². The van der Waals surface area contributed by atoms with Gasteiger partial charge in [0.05, 0.1) is 13.0 Å². The first kappa shape index (κ1) is 15.2. The average Bonchev–Trinajstić information content (AvgIpc) is 2.23. The van der Waals surface area contributed by atoms with Crippen LogP contribution in [-0.4, -0.2) is 18.9 Å². The second kappa shape index (κ2) is 5.85. The van der Waals surface area contributed by atoms with Gasteiger partial charge in [-0.1, -0.05) is 0 Å². The third-order valence-electron chi connectivity index (χ3n) is 1.95. The number of esters is 1. The smallest absolute Gasteiger partial charge is 0.466 e. The van der Waals surface area contributed by atoms with Crippen LogP contribution in [-0.2, 0) is 16.0 Å². The van der Waals surface area contributed by atoms with Crippen molar-refractivity contribution in [2.24, 2.45) is 0 Å². The number of rotatable bonds is 4. The predicted molar refractivity (Wildman–Crippen MR) is 53.4 cm³/mol. The molecule has 0 aliphatic heterocycles. The minimum absolute atomic E-state index is 0.0156. The van der Waals surface area contributed by atoms with E-state index in [1.54, 1.807) is 0 Å². The molecule has 0 saturated carbocycles. The second-order valence-electron chi connectivity index (χ2n) is 3.41. The first-order chi connectivity index (χ1) is 8.73. The van der Waals surface area contributed by atoms with Crippen molar-refractivity contribution in [3.8, 4) is 5.75 Å². The van der Waals surface area contributed by atoms with Crippen LogP contribution >= 0.6 is 0 Å². The number of carbonyl (C=O) groups is 1. The number of halogens is 5. The Kier molecular flexibility index (Phi) is 4.68. The molecule has 0 unspecified atom stereocenters. The van der Waals surface area contributed by atoms with Crippen LogP contribution in [0.2, 0.25) is 0 Å². The summed E-state index contributed by atoms with van der Waals surface area (Å²) < 4.78 is 70.4. The zero-order valence-electron chi connectivity index (χ0n) is 9.68. The van der Waals surface area contributed by atoms with Crippen LogP contribution in [0, 0.1) is 11.6 Å². The Bertz CT molecular complexity index is 470. The van der Waals surface area contributed by atoms with Crippen LogP contribution in [0.3, 0.4) is 0 Å². The summed E-state index contributed by atoms with van der Waals surface area (Å²) in [5.74, 6) is -4.82. The summed E-state index contributed by atoms with van der Waals surface area (Å²) in [4.78, 5) is 11.1. The quantitative estimate of drug-likeness (QED) is 0.630. The Morgan fingerprint density at radius 2 is 1.89 bits per heavy atom. The largest absolute Gasteiger partial charge is 0.573 e. The van der Waals surface area contributed by atoms with Crippen LogP contribution in [0.4, 0.5) is 22.0 Å². The molecule has 0 heterocycles. The molecule has 0 aliphatic rings. The zero-order chi connectivity index (χ0) is 14.6. The van der Waals surface area contributed by atoms with Gasteiger partial charge in [-0.15, -0.1) is 13.2 Å². The maximum absolute atomic E-state index is 13.6. The van der Waals surface area contributed by atoms with Gasteiger partial charge in [0.2, 0.25) is 0 Å². The van der Waals surface area contributed by atoms with Gasteiger partial charge in [0.15, 0.2) is 11.6 Å². The molecule has 3 nitrogen and oxygen atoms in total. The molecule has 1 rings (SSSR count). The number of hydrogen-bond acceptors (Lipinski definition) is 3. The van der Waals surface area contributed by atoms with Crippen molar-refractivity contribution in [3.63, 3.8) is 0 Å². The molecule has 19 heavy (non-hydrogen) atoms. The van der Waals surface area contributed by atoms with E-state index in [0.29, 0.717) is 6.07 Å². The molecular formula is C11H9F5O3. The van der Waals surface area contributed by atoms with E-state index in [1.165, 1.54) is 6.92 Å². The standard InChI is InChI=1S/C11H9F5O3/c1-2-18-9(17)4-6-3-7(12)5-8(10(6)13)19-11(14,15)16/h3,5H,2,4H2,1H3. The van der Waals surface area contributed by atoms with E-state index in [4.69, 9.17) is 0 Å². The van der Waals surface area contributed by atoms with E-state index in [-0.39, 0.29) is 12.7 Å². The van der Waals surface area contributed by atoms with Gasteiger partial charge in [-0.3, -0.25) is 4.79 Å². The maximum atomic E-state index is 13.6. The molecule has 0 radical (unpaired) electrons. The highest BCUT2D eigenvalue weighted by atomic mass is 19.4. The van der Waals surface area contributed by atoms with Gasteiger partial charge >= 0.3 is 12.3 Å². The zero-order valence-corrected chi connectivity index (χ0v) is 9.68. The van der Waals surface area contributed by atoms with Gasteiger partial charge in [-0.05, 0) is 13.0 Å². The van der Waals surface area contributed by atoms with Gasteiger partial charge in [-0.2, -0.15) is 0 Å². The molecule has 0 amide bonds. The molecule has 0 atom stereocenters. The predicted octanol–water partition coefficient (Wildman–Crippen LogP) is 2.97. The molecule has 0 spiro atoms. The molecular weight excluding hydrogens is 275 g/mol. The molecule has 0 aromatic heterocycles. The second-order valence-corrected chi connectivity index (χ2v) is 3.41. The normalized spacial score (nSPS) is 11.3. The topological polar surface area (TPSA) is 35.5 Å². The summed E-state index contributed by atoms with van der Waals surface area (Å²) in [5.41, 5.74) is -0.572. The molecule has 1 aromatic rings. The summed E-state index contributed by atoms with van der Waals surface area (Å²) in [7, 11) is 0. The Hall–Kier alpha value is -1.86. The number of hydrogen-bond donors (Lipinski definition) is 0. The summed E-state index contributed by atoms with van der Waals surface area (Å²) in [6.07, 6.45) is -5.85. The fourth-order valence-electron chi connectivity index (χ4n) is 1.31. The highest BCUT2D eigenvalue weighted by Crippen LogP contribution is 2.28. The highest BCUT2D eigenvalue weighted by Gasteiger charge is 2.33. The van der Waals surface area contributed by atoms with Crippen molar-refractivity contribution in [2.45, 2.75) is 19.7 Å². The Balaban J connectivity index is 3.03. The minimum Gasteiger partial charge on any atom is -0.466 e. The molecule has 0 fully saturated rings. The molecule has 0 N–H and O–H groups in total. The Morgan fingerprint density at radius 1 is 1.26 bits per heavy atom. The van der Waals surface area contributed by atoms with Gasteiger partial charge in [0, 0.05) is 11.6 Å². The van der Waals surface area contributed by atoms with E-state index in [1.807, 2.05) is 0 Å². The molecule has 0 saturated heterocycles. The summed E-state index contributed by atoms with van der Waals surface area (Å²) >= 11 is 0. The molecule has 106 valence electrons. The summed E-state index contributed by atoms with van der Waals surface area (Å²) in [5, 5.41) is 0. The first-order valence-electron chi connectivity index (χ1n) is 5.12. The number of alkyl halides is 3. The Labute approximate surface area is 104 Å². The Morgan fingerprint density at radius 3 is 2.42 bits per heavy atom. The lowest BCUT2D eigenvalue weighted by Crippen LogP contribution is -2.19.